The standard InChI is InChI=1S/C12H12ClNO4/c13-9-3-1-2-8(12(16)17)11(9)18-6-10(15)14-7-4-5-7/h1-3,7H,4-6H2,(H,14,15)(H,16,17). The predicted octanol–water partition coefficient (Wildman–Crippen LogP) is 1.70. The molecule has 0 bridgehead atoms. The lowest BCUT2D eigenvalue weighted by Crippen LogP contribution is -2.30. The Morgan fingerprint density at radius 2 is 2.17 bits per heavy atom. The van der Waals surface area contributed by atoms with Gasteiger partial charge in [-0.1, -0.05) is 17.7 Å². The van der Waals surface area contributed by atoms with Crippen molar-refractivity contribution in [1.82, 2.24) is 5.32 Å². The maximum atomic E-state index is 11.4. The number of hydrogen-bond donors (Lipinski definition) is 2. The second kappa shape index (κ2) is 5.27. The van der Waals surface area contributed by atoms with Gasteiger partial charge in [0.15, 0.2) is 12.4 Å². The Bertz CT molecular complexity index is 485. The molecule has 1 aliphatic rings. The largest absolute Gasteiger partial charge is 0.481 e. The summed E-state index contributed by atoms with van der Waals surface area (Å²) in [6.45, 7) is -0.236. The molecule has 0 unspecified atom stereocenters. The quantitative estimate of drug-likeness (QED) is 0.853. The van der Waals surface area contributed by atoms with E-state index < -0.39 is 5.97 Å². The van der Waals surface area contributed by atoms with E-state index >= 15 is 0 Å². The minimum atomic E-state index is -1.14. The minimum Gasteiger partial charge on any atom is -0.481 e. The number of amides is 1. The Morgan fingerprint density at radius 1 is 1.44 bits per heavy atom. The van der Waals surface area contributed by atoms with Gasteiger partial charge in [-0.3, -0.25) is 4.79 Å². The molecule has 1 aromatic carbocycles. The molecule has 96 valence electrons. The summed E-state index contributed by atoms with van der Waals surface area (Å²) in [7, 11) is 0. The third kappa shape index (κ3) is 3.13. The number of para-hydroxylation sites is 1. The zero-order chi connectivity index (χ0) is 13.1. The van der Waals surface area contributed by atoms with Crippen LogP contribution in [0.1, 0.15) is 23.2 Å². The van der Waals surface area contributed by atoms with Crippen LogP contribution in [0, 0.1) is 0 Å². The molecule has 0 radical (unpaired) electrons. The molecule has 2 N–H and O–H groups in total. The summed E-state index contributed by atoms with van der Waals surface area (Å²) >= 11 is 5.85. The van der Waals surface area contributed by atoms with Crippen molar-refractivity contribution < 1.29 is 19.4 Å². The van der Waals surface area contributed by atoms with Crippen LogP contribution in [0.2, 0.25) is 5.02 Å². The van der Waals surface area contributed by atoms with Crippen molar-refractivity contribution in [2.75, 3.05) is 6.61 Å². The van der Waals surface area contributed by atoms with E-state index in [-0.39, 0.29) is 34.9 Å². The molecule has 0 aliphatic heterocycles. The summed E-state index contributed by atoms with van der Waals surface area (Å²) in [5.41, 5.74) is -0.0540. The summed E-state index contributed by atoms with van der Waals surface area (Å²) in [5, 5.41) is 11.9. The zero-order valence-corrected chi connectivity index (χ0v) is 10.2. The lowest BCUT2D eigenvalue weighted by atomic mass is 10.2. The first-order valence-electron chi connectivity index (χ1n) is 5.52. The van der Waals surface area contributed by atoms with Crippen LogP contribution in [0.15, 0.2) is 18.2 Å². The molecule has 2 rings (SSSR count). The number of hydrogen-bond acceptors (Lipinski definition) is 3. The molecule has 0 aromatic heterocycles. The highest BCUT2D eigenvalue weighted by atomic mass is 35.5. The molecule has 1 amide bonds. The third-order valence-electron chi connectivity index (χ3n) is 2.49. The van der Waals surface area contributed by atoms with Crippen LogP contribution in [0.5, 0.6) is 5.75 Å². The number of benzene rings is 1. The summed E-state index contributed by atoms with van der Waals surface area (Å²) in [5.74, 6) is -1.39. The monoisotopic (exact) mass is 269 g/mol. The van der Waals surface area contributed by atoms with Gasteiger partial charge in [-0.2, -0.15) is 0 Å². The lowest BCUT2D eigenvalue weighted by Gasteiger charge is -2.10. The van der Waals surface area contributed by atoms with Crippen molar-refractivity contribution in [2.24, 2.45) is 0 Å². The van der Waals surface area contributed by atoms with Gasteiger partial charge >= 0.3 is 5.97 Å². The van der Waals surface area contributed by atoms with Gasteiger partial charge < -0.3 is 15.2 Å². The van der Waals surface area contributed by atoms with Crippen LogP contribution in [0.3, 0.4) is 0 Å². The van der Waals surface area contributed by atoms with Crippen LogP contribution >= 0.6 is 11.6 Å². The number of carbonyl (C=O) groups is 2. The summed E-state index contributed by atoms with van der Waals surface area (Å²) in [6, 6.07) is 4.65. The molecular weight excluding hydrogens is 258 g/mol. The molecule has 6 heteroatoms. The highest BCUT2D eigenvalue weighted by molar-refractivity contribution is 6.32. The Balaban J connectivity index is 2.03. The number of rotatable bonds is 5. The molecule has 5 nitrogen and oxygen atoms in total. The van der Waals surface area contributed by atoms with Crippen LogP contribution in [0.4, 0.5) is 0 Å². The van der Waals surface area contributed by atoms with Crippen LogP contribution in [-0.2, 0) is 4.79 Å². The topological polar surface area (TPSA) is 75.6 Å². The van der Waals surface area contributed by atoms with Gasteiger partial charge in [0.2, 0.25) is 0 Å². The first kappa shape index (κ1) is 12.7. The van der Waals surface area contributed by atoms with E-state index in [9.17, 15) is 9.59 Å². The Kier molecular flexibility index (Phi) is 3.72. The third-order valence-corrected chi connectivity index (χ3v) is 2.79. The van der Waals surface area contributed by atoms with E-state index in [4.69, 9.17) is 21.4 Å². The Labute approximate surface area is 109 Å². The van der Waals surface area contributed by atoms with E-state index in [0.717, 1.165) is 12.8 Å². The molecular formula is C12H12ClNO4. The van der Waals surface area contributed by atoms with E-state index in [1.807, 2.05) is 0 Å². The summed E-state index contributed by atoms with van der Waals surface area (Å²) < 4.78 is 5.19. The van der Waals surface area contributed by atoms with Gasteiger partial charge in [-0.25, -0.2) is 4.79 Å². The molecule has 0 spiro atoms. The van der Waals surface area contributed by atoms with E-state index in [0.29, 0.717) is 0 Å². The molecule has 1 aliphatic carbocycles. The number of ether oxygens (including phenoxy) is 1. The van der Waals surface area contributed by atoms with Gasteiger partial charge in [0.25, 0.3) is 5.91 Å². The molecule has 0 atom stereocenters. The molecule has 1 saturated carbocycles. The van der Waals surface area contributed by atoms with Crippen molar-refractivity contribution in [3.8, 4) is 5.75 Å². The SMILES string of the molecule is O=C(COc1c(Cl)cccc1C(=O)O)NC1CC1. The van der Waals surface area contributed by atoms with Gasteiger partial charge in [0, 0.05) is 6.04 Å². The maximum Gasteiger partial charge on any atom is 0.339 e. The van der Waals surface area contributed by atoms with Crippen molar-refractivity contribution in [1.29, 1.82) is 0 Å². The first-order chi connectivity index (χ1) is 8.58. The van der Waals surface area contributed by atoms with Crippen LogP contribution in [0.25, 0.3) is 0 Å². The van der Waals surface area contributed by atoms with Gasteiger partial charge in [-0.15, -0.1) is 0 Å². The first-order valence-corrected chi connectivity index (χ1v) is 5.89. The number of aromatic carboxylic acids is 1. The van der Waals surface area contributed by atoms with Gasteiger partial charge in [0.05, 0.1) is 5.02 Å². The van der Waals surface area contributed by atoms with Crippen molar-refractivity contribution in [3.05, 3.63) is 28.8 Å². The number of carbonyl (C=O) groups excluding carboxylic acids is 1. The molecule has 0 saturated heterocycles. The fraction of sp³-hybridized carbons (Fsp3) is 0.333. The van der Waals surface area contributed by atoms with E-state index in [2.05, 4.69) is 5.32 Å². The highest BCUT2D eigenvalue weighted by Crippen LogP contribution is 2.28. The fourth-order valence-corrected chi connectivity index (χ4v) is 1.69. The van der Waals surface area contributed by atoms with Gasteiger partial charge in [-0.05, 0) is 25.0 Å². The zero-order valence-electron chi connectivity index (χ0n) is 9.48. The van der Waals surface area contributed by atoms with Crippen LogP contribution < -0.4 is 10.1 Å². The average molecular weight is 270 g/mol. The van der Waals surface area contributed by atoms with E-state index in [1.54, 1.807) is 0 Å². The average Bonchev–Trinajstić information content (AvgIpc) is 3.10. The second-order valence-electron chi connectivity index (χ2n) is 4.05. The number of nitrogens with one attached hydrogen (secondary N) is 1. The number of halogens is 1. The fourth-order valence-electron chi connectivity index (χ4n) is 1.46. The van der Waals surface area contributed by atoms with Crippen LogP contribution in [-0.4, -0.2) is 29.6 Å². The van der Waals surface area contributed by atoms with Crippen molar-refractivity contribution in [3.63, 3.8) is 0 Å². The van der Waals surface area contributed by atoms with Crippen molar-refractivity contribution in [2.45, 2.75) is 18.9 Å². The van der Waals surface area contributed by atoms with Crippen molar-refractivity contribution >= 4 is 23.5 Å². The lowest BCUT2D eigenvalue weighted by molar-refractivity contribution is -0.123. The van der Waals surface area contributed by atoms with E-state index in [1.165, 1.54) is 18.2 Å². The minimum absolute atomic E-state index is 0.0256. The Morgan fingerprint density at radius 3 is 2.78 bits per heavy atom. The second-order valence-corrected chi connectivity index (χ2v) is 4.46. The maximum absolute atomic E-state index is 11.4. The summed E-state index contributed by atoms with van der Waals surface area (Å²) in [4.78, 5) is 22.4. The number of carboxylic acid groups (broad SMARTS) is 1. The summed E-state index contributed by atoms with van der Waals surface area (Å²) in [6.07, 6.45) is 1.97. The molecule has 0 heterocycles. The van der Waals surface area contributed by atoms with Gasteiger partial charge in [0.1, 0.15) is 5.56 Å². The normalized spacial score (nSPS) is 14.1. The Hall–Kier alpha value is -1.75. The highest BCUT2D eigenvalue weighted by Gasteiger charge is 2.23. The smallest absolute Gasteiger partial charge is 0.339 e. The predicted molar refractivity (Wildman–Crippen MR) is 65.1 cm³/mol. The molecule has 18 heavy (non-hydrogen) atoms. The molecule has 1 aromatic rings. The number of carboxylic acids is 1. The molecule has 1 fully saturated rings.